The van der Waals surface area contributed by atoms with E-state index in [4.69, 9.17) is 4.42 Å². The van der Waals surface area contributed by atoms with Crippen LogP contribution in [0.15, 0.2) is 223 Å². The lowest BCUT2D eigenvalue weighted by atomic mass is 9.86. The highest BCUT2D eigenvalue weighted by Crippen LogP contribution is 2.47. The first kappa shape index (κ1) is 34.5. The van der Waals surface area contributed by atoms with E-state index >= 15 is 0 Å². The van der Waals surface area contributed by atoms with E-state index in [1.54, 1.807) is 0 Å². The number of fused-ring (bicyclic) bond motifs is 8. The third-order valence-electron chi connectivity index (χ3n) is 13.8. The van der Waals surface area contributed by atoms with Crippen LogP contribution in [0.25, 0.3) is 142 Å². The van der Waals surface area contributed by atoms with Gasteiger partial charge in [-0.15, -0.1) is 0 Å². The van der Waals surface area contributed by atoms with E-state index < -0.39 is 0 Å². The van der Waals surface area contributed by atoms with Crippen LogP contribution >= 0.6 is 0 Å². The summed E-state index contributed by atoms with van der Waals surface area (Å²) >= 11 is 0. The molecule has 1 aromatic heterocycles. The monoisotopic (exact) mass is 796 g/mol. The highest BCUT2D eigenvalue weighted by molar-refractivity contribution is 6.28. The first-order chi connectivity index (χ1) is 31.2. The molecule has 14 rings (SSSR count). The molecule has 0 aliphatic heterocycles. The minimum absolute atomic E-state index is 0.900. The van der Waals surface area contributed by atoms with Crippen molar-refractivity contribution in [2.75, 3.05) is 0 Å². The lowest BCUT2D eigenvalue weighted by Gasteiger charge is -2.17. The van der Waals surface area contributed by atoms with Gasteiger partial charge in [-0.1, -0.05) is 188 Å². The predicted octanol–water partition coefficient (Wildman–Crippen LogP) is 17.8. The van der Waals surface area contributed by atoms with Crippen LogP contribution in [0.3, 0.4) is 0 Å². The SMILES string of the molecule is c1ccc(-c2ccc3ccc4c(-c5ccc(-c6cc(-c7c8ccccc8cc8c7ccc7ccccc78)c7oc8cc9ccccc9cc8c7c6)cc5)ccc5ccc2c3c54)cc1. The molecular formula is C62H36O. The maximum absolute atomic E-state index is 7.02. The Morgan fingerprint density at radius 1 is 0.238 bits per heavy atom. The lowest BCUT2D eigenvalue weighted by Crippen LogP contribution is -1.90. The Labute approximate surface area is 363 Å². The Balaban J connectivity index is 0.989. The number of hydrogen-bond acceptors (Lipinski definition) is 1. The fourth-order valence-corrected chi connectivity index (χ4v) is 10.8. The quantitative estimate of drug-likeness (QED) is 0.128. The van der Waals surface area contributed by atoms with Crippen LogP contribution in [0.4, 0.5) is 0 Å². The molecule has 0 fully saturated rings. The van der Waals surface area contributed by atoms with Gasteiger partial charge in [0.05, 0.1) is 0 Å². The lowest BCUT2D eigenvalue weighted by molar-refractivity contribution is 0.670. The molecule has 0 saturated carbocycles. The maximum Gasteiger partial charge on any atom is 0.143 e. The van der Waals surface area contributed by atoms with Gasteiger partial charge in [0.15, 0.2) is 0 Å². The van der Waals surface area contributed by atoms with Crippen LogP contribution in [0.2, 0.25) is 0 Å². The third kappa shape index (κ3) is 5.11. The molecule has 14 aromatic rings. The van der Waals surface area contributed by atoms with Crippen molar-refractivity contribution in [3.8, 4) is 44.5 Å². The van der Waals surface area contributed by atoms with Crippen molar-refractivity contribution in [1.82, 2.24) is 0 Å². The number of rotatable bonds is 4. The van der Waals surface area contributed by atoms with E-state index in [0.29, 0.717) is 0 Å². The third-order valence-corrected chi connectivity index (χ3v) is 13.8. The van der Waals surface area contributed by atoms with E-state index in [9.17, 15) is 0 Å². The van der Waals surface area contributed by atoms with E-state index in [2.05, 4.69) is 218 Å². The average molecular weight is 797 g/mol. The molecule has 63 heavy (non-hydrogen) atoms. The molecule has 0 unspecified atom stereocenters. The minimum Gasteiger partial charge on any atom is -0.455 e. The number of hydrogen-bond donors (Lipinski definition) is 0. The zero-order valence-electron chi connectivity index (χ0n) is 34.2. The first-order valence-electron chi connectivity index (χ1n) is 21.8. The molecule has 0 saturated heterocycles. The smallest absolute Gasteiger partial charge is 0.143 e. The highest BCUT2D eigenvalue weighted by atomic mass is 16.3. The van der Waals surface area contributed by atoms with Gasteiger partial charge in [0.25, 0.3) is 0 Å². The van der Waals surface area contributed by atoms with Crippen molar-refractivity contribution in [3.05, 3.63) is 218 Å². The normalized spacial score (nSPS) is 12.1. The average Bonchev–Trinajstić information content (AvgIpc) is 3.71. The molecular weight excluding hydrogens is 761 g/mol. The molecule has 0 radical (unpaired) electrons. The van der Waals surface area contributed by atoms with Crippen molar-refractivity contribution in [2.24, 2.45) is 0 Å². The summed E-state index contributed by atoms with van der Waals surface area (Å²) in [5.74, 6) is 0. The Morgan fingerprint density at radius 2 is 0.778 bits per heavy atom. The summed E-state index contributed by atoms with van der Waals surface area (Å²) in [5, 5.41) is 19.8. The van der Waals surface area contributed by atoms with Gasteiger partial charge in [0.2, 0.25) is 0 Å². The topological polar surface area (TPSA) is 13.1 Å². The summed E-state index contributed by atoms with van der Waals surface area (Å²) in [7, 11) is 0. The summed E-state index contributed by atoms with van der Waals surface area (Å²) in [4.78, 5) is 0. The molecule has 0 N–H and O–H groups in total. The van der Waals surface area contributed by atoms with Gasteiger partial charge in [-0.3, -0.25) is 0 Å². The molecule has 1 nitrogen and oxygen atoms in total. The van der Waals surface area contributed by atoms with Crippen LogP contribution < -0.4 is 0 Å². The maximum atomic E-state index is 7.02. The second-order valence-corrected chi connectivity index (χ2v) is 17.1. The van der Waals surface area contributed by atoms with Crippen LogP contribution in [0.1, 0.15) is 0 Å². The molecule has 0 bridgehead atoms. The Kier molecular flexibility index (Phi) is 7.17. The summed E-state index contributed by atoms with van der Waals surface area (Å²) in [6.07, 6.45) is 0. The fraction of sp³-hybridized carbons (Fsp3) is 0. The van der Waals surface area contributed by atoms with Crippen LogP contribution in [0, 0.1) is 0 Å². The summed E-state index contributed by atoms with van der Waals surface area (Å²) in [5.41, 5.74) is 11.4. The van der Waals surface area contributed by atoms with Gasteiger partial charge >= 0.3 is 0 Å². The van der Waals surface area contributed by atoms with Gasteiger partial charge in [-0.2, -0.15) is 0 Å². The second kappa shape index (κ2) is 13.1. The first-order valence-corrected chi connectivity index (χ1v) is 21.8. The van der Waals surface area contributed by atoms with Crippen LogP contribution in [0.5, 0.6) is 0 Å². The van der Waals surface area contributed by atoms with E-state index in [-0.39, 0.29) is 0 Å². The molecule has 1 heterocycles. The van der Waals surface area contributed by atoms with Gasteiger partial charge in [0, 0.05) is 21.9 Å². The molecule has 0 spiro atoms. The van der Waals surface area contributed by atoms with Gasteiger partial charge in [-0.05, 0) is 139 Å². The molecule has 0 aliphatic carbocycles. The van der Waals surface area contributed by atoms with Gasteiger partial charge < -0.3 is 4.42 Å². The Bertz CT molecular complexity index is 4170. The Hall–Kier alpha value is -8.26. The van der Waals surface area contributed by atoms with E-state index in [1.807, 2.05) is 0 Å². The van der Waals surface area contributed by atoms with Gasteiger partial charge in [-0.25, -0.2) is 0 Å². The minimum atomic E-state index is 0.900. The molecule has 1 heteroatoms. The second-order valence-electron chi connectivity index (χ2n) is 17.1. The zero-order valence-corrected chi connectivity index (χ0v) is 34.2. The number of benzene rings is 13. The fourth-order valence-electron chi connectivity index (χ4n) is 10.8. The van der Waals surface area contributed by atoms with Gasteiger partial charge in [0.1, 0.15) is 11.2 Å². The Morgan fingerprint density at radius 3 is 1.51 bits per heavy atom. The van der Waals surface area contributed by atoms with Crippen molar-refractivity contribution in [2.45, 2.75) is 0 Å². The molecule has 290 valence electrons. The largest absolute Gasteiger partial charge is 0.455 e. The van der Waals surface area contributed by atoms with Crippen LogP contribution in [-0.4, -0.2) is 0 Å². The summed E-state index contributed by atoms with van der Waals surface area (Å²) in [6, 6.07) is 80.6. The van der Waals surface area contributed by atoms with Crippen molar-refractivity contribution < 1.29 is 4.42 Å². The highest BCUT2D eigenvalue weighted by Gasteiger charge is 2.21. The molecule has 13 aromatic carbocycles. The van der Waals surface area contributed by atoms with Crippen LogP contribution in [-0.2, 0) is 0 Å². The van der Waals surface area contributed by atoms with Crippen molar-refractivity contribution >= 4 is 97.3 Å². The van der Waals surface area contributed by atoms with E-state index in [1.165, 1.54) is 103 Å². The zero-order chi connectivity index (χ0) is 41.2. The molecule has 0 atom stereocenters. The van der Waals surface area contributed by atoms with Crippen molar-refractivity contribution in [1.29, 1.82) is 0 Å². The summed E-state index contributed by atoms with van der Waals surface area (Å²) in [6.45, 7) is 0. The predicted molar refractivity (Wildman–Crippen MR) is 269 cm³/mol. The van der Waals surface area contributed by atoms with Crippen molar-refractivity contribution in [3.63, 3.8) is 0 Å². The molecule has 0 amide bonds. The summed E-state index contributed by atoms with van der Waals surface area (Å²) < 4.78 is 7.02. The standard InChI is InChI=1S/C62H36O/c1-2-10-38(11-3-1)48-27-23-41-26-31-52-49(28-24-42-25-30-51(48)59(41)60(42)52)40-20-18-37(19-21-40)46-34-56-55-32-43-13-4-5-14-44(43)36-58(55)63-62(56)57(35-46)61-50-17-9-7-15-45(50)33-54-47-16-8-6-12-39(47)22-29-53(54)61/h1-36H. The molecule has 0 aliphatic rings. The number of furan rings is 1. The van der Waals surface area contributed by atoms with E-state index in [0.717, 1.165) is 38.6 Å².